The summed E-state index contributed by atoms with van der Waals surface area (Å²) in [6, 6.07) is 0. The Morgan fingerprint density at radius 3 is 2.79 bits per heavy atom. The van der Waals surface area contributed by atoms with E-state index in [0.717, 1.165) is 49.3 Å². The fourth-order valence-electron chi connectivity index (χ4n) is 2.78. The van der Waals surface area contributed by atoms with Gasteiger partial charge in [-0.3, -0.25) is 4.79 Å². The van der Waals surface area contributed by atoms with Crippen LogP contribution in [0.15, 0.2) is 6.20 Å². The third-order valence-electron chi connectivity index (χ3n) is 3.92. The number of rotatable bonds is 3. The number of hydrogen-bond donors (Lipinski definition) is 2. The Morgan fingerprint density at radius 2 is 2.11 bits per heavy atom. The van der Waals surface area contributed by atoms with Gasteiger partial charge in [0.05, 0.1) is 18.0 Å². The molecular formula is C13H18N4O2. The molecule has 1 atom stereocenters. The van der Waals surface area contributed by atoms with Crippen LogP contribution in [0.5, 0.6) is 0 Å². The van der Waals surface area contributed by atoms with Gasteiger partial charge in [0.15, 0.2) is 18.3 Å². The highest BCUT2D eigenvalue weighted by Crippen LogP contribution is 2.34. The maximum Gasteiger partial charge on any atom is 0.162 e. The fraction of sp³-hybridized carbons (Fsp3) is 0.615. The summed E-state index contributed by atoms with van der Waals surface area (Å²) in [7, 11) is 1.77. The van der Waals surface area contributed by atoms with Crippen LogP contribution in [0.4, 0.5) is 11.5 Å². The zero-order valence-electron chi connectivity index (χ0n) is 10.9. The third kappa shape index (κ3) is 2.40. The van der Waals surface area contributed by atoms with Gasteiger partial charge in [-0.05, 0) is 25.7 Å². The van der Waals surface area contributed by atoms with Gasteiger partial charge in [-0.15, -0.1) is 0 Å². The second-order valence-electron chi connectivity index (χ2n) is 5.10. The van der Waals surface area contributed by atoms with Crippen molar-refractivity contribution in [1.82, 2.24) is 9.97 Å². The predicted octanol–water partition coefficient (Wildman–Crippen LogP) is 1.51. The molecule has 102 valence electrons. The van der Waals surface area contributed by atoms with E-state index in [0.29, 0.717) is 12.0 Å². The highest BCUT2D eigenvalue weighted by Gasteiger charge is 2.26. The Hall–Kier alpha value is -1.69. The Morgan fingerprint density at radius 1 is 1.32 bits per heavy atom. The van der Waals surface area contributed by atoms with E-state index in [4.69, 9.17) is 4.74 Å². The Bertz CT molecular complexity index is 472. The standard InChI is InChI=1S/C13H18N4O2/c1-19-9-4-2-8(3-5-9)12-14-6-10-13(17-12)16-11(7-18)15-10/h6-9,11,15H,2-5H2,1H3,(H,14,16,17). The van der Waals surface area contributed by atoms with E-state index in [-0.39, 0.29) is 6.17 Å². The first-order chi connectivity index (χ1) is 9.30. The normalized spacial score (nSPS) is 29.2. The number of methoxy groups -OCH3 is 1. The molecule has 3 rings (SSSR count). The third-order valence-corrected chi connectivity index (χ3v) is 3.92. The zero-order chi connectivity index (χ0) is 13.2. The van der Waals surface area contributed by atoms with Crippen LogP contribution in [-0.4, -0.2) is 35.6 Å². The molecule has 0 radical (unpaired) electrons. The lowest BCUT2D eigenvalue weighted by Crippen LogP contribution is -2.23. The molecule has 1 unspecified atom stereocenters. The van der Waals surface area contributed by atoms with Crippen LogP contribution in [0, 0.1) is 0 Å². The van der Waals surface area contributed by atoms with E-state index >= 15 is 0 Å². The molecule has 1 fully saturated rings. The average Bonchev–Trinajstić information content (AvgIpc) is 2.89. The number of nitrogens with zero attached hydrogens (tertiary/aromatic N) is 2. The molecule has 1 aromatic heterocycles. The highest BCUT2D eigenvalue weighted by molar-refractivity contribution is 5.79. The van der Waals surface area contributed by atoms with Crippen LogP contribution in [0.2, 0.25) is 0 Å². The number of aldehydes is 1. The van der Waals surface area contributed by atoms with Crippen molar-refractivity contribution in [2.75, 3.05) is 17.7 Å². The largest absolute Gasteiger partial charge is 0.381 e. The maximum atomic E-state index is 10.7. The first kappa shape index (κ1) is 12.3. The smallest absolute Gasteiger partial charge is 0.162 e. The Balaban J connectivity index is 1.72. The summed E-state index contributed by atoms with van der Waals surface area (Å²) in [5.41, 5.74) is 0.798. The molecule has 6 nitrogen and oxygen atoms in total. The summed E-state index contributed by atoms with van der Waals surface area (Å²) in [5.74, 6) is 2.00. The number of anilines is 2. The van der Waals surface area contributed by atoms with Gasteiger partial charge in [0, 0.05) is 13.0 Å². The van der Waals surface area contributed by atoms with E-state index < -0.39 is 0 Å². The van der Waals surface area contributed by atoms with Crippen LogP contribution in [-0.2, 0) is 9.53 Å². The molecule has 1 aliphatic carbocycles. The van der Waals surface area contributed by atoms with Crippen LogP contribution in [0.3, 0.4) is 0 Å². The van der Waals surface area contributed by atoms with Crippen molar-refractivity contribution in [3.05, 3.63) is 12.0 Å². The maximum absolute atomic E-state index is 10.7. The molecule has 1 saturated carbocycles. The monoisotopic (exact) mass is 262 g/mol. The summed E-state index contributed by atoms with van der Waals surface area (Å²) in [6.07, 6.45) is 6.81. The summed E-state index contributed by atoms with van der Waals surface area (Å²) >= 11 is 0. The molecule has 1 aliphatic heterocycles. The second-order valence-corrected chi connectivity index (χ2v) is 5.10. The minimum Gasteiger partial charge on any atom is -0.381 e. The number of hydrogen-bond acceptors (Lipinski definition) is 6. The first-order valence-electron chi connectivity index (χ1n) is 6.68. The van der Waals surface area contributed by atoms with E-state index in [1.165, 1.54) is 0 Å². The zero-order valence-corrected chi connectivity index (χ0v) is 10.9. The van der Waals surface area contributed by atoms with Crippen molar-refractivity contribution in [1.29, 1.82) is 0 Å². The van der Waals surface area contributed by atoms with Gasteiger partial charge in [-0.2, -0.15) is 0 Å². The molecule has 0 amide bonds. The summed E-state index contributed by atoms with van der Waals surface area (Å²) in [4.78, 5) is 19.7. The molecule has 2 N–H and O–H groups in total. The lowest BCUT2D eigenvalue weighted by molar-refractivity contribution is -0.107. The number of carbonyl (C=O) groups excluding carboxylic acids is 1. The number of nitrogens with one attached hydrogen (secondary N) is 2. The molecule has 0 aromatic carbocycles. The van der Waals surface area contributed by atoms with Crippen molar-refractivity contribution in [3.8, 4) is 0 Å². The van der Waals surface area contributed by atoms with E-state index in [1.54, 1.807) is 13.3 Å². The Kier molecular flexibility index (Phi) is 3.33. The minimum atomic E-state index is -0.385. The summed E-state index contributed by atoms with van der Waals surface area (Å²) in [6.45, 7) is 0. The first-order valence-corrected chi connectivity index (χ1v) is 6.68. The van der Waals surface area contributed by atoms with Crippen molar-refractivity contribution in [2.24, 2.45) is 0 Å². The molecule has 19 heavy (non-hydrogen) atoms. The molecule has 0 saturated heterocycles. The molecule has 2 aliphatic rings. The average molecular weight is 262 g/mol. The molecule has 1 aromatic rings. The molecule has 2 heterocycles. The van der Waals surface area contributed by atoms with Gasteiger partial charge >= 0.3 is 0 Å². The Labute approximate surface area is 112 Å². The lowest BCUT2D eigenvalue weighted by atomic mass is 9.87. The van der Waals surface area contributed by atoms with Gasteiger partial charge in [-0.1, -0.05) is 0 Å². The van der Waals surface area contributed by atoms with Crippen LogP contribution < -0.4 is 10.6 Å². The number of ether oxygens (including phenoxy) is 1. The fourth-order valence-corrected chi connectivity index (χ4v) is 2.78. The minimum absolute atomic E-state index is 0.380. The second kappa shape index (κ2) is 5.13. The molecule has 0 bridgehead atoms. The molecule has 0 spiro atoms. The number of carbonyl (C=O) groups is 1. The van der Waals surface area contributed by atoms with Crippen molar-refractivity contribution in [2.45, 2.75) is 43.9 Å². The van der Waals surface area contributed by atoms with Gasteiger partial charge in [0.25, 0.3) is 0 Å². The number of fused-ring (bicyclic) bond motifs is 1. The van der Waals surface area contributed by atoms with Crippen LogP contribution in [0.25, 0.3) is 0 Å². The van der Waals surface area contributed by atoms with E-state index in [2.05, 4.69) is 20.6 Å². The van der Waals surface area contributed by atoms with Crippen molar-refractivity contribution in [3.63, 3.8) is 0 Å². The van der Waals surface area contributed by atoms with Gasteiger partial charge in [0.2, 0.25) is 0 Å². The predicted molar refractivity (Wildman–Crippen MR) is 71.1 cm³/mol. The number of aromatic nitrogens is 2. The lowest BCUT2D eigenvalue weighted by Gasteiger charge is -2.26. The highest BCUT2D eigenvalue weighted by atomic mass is 16.5. The van der Waals surface area contributed by atoms with Crippen LogP contribution >= 0.6 is 0 Å². The summed E-state index contributed by atoms with van der Waals surface area (Å²) < 4.78 is 5.38. The van der Waals surface area contributed by atoms with E-state index in [1.807, 2.05) is 0 Å². The molecular weight excluding hydrogens is 244 g/mol. The molecule has 6 heteroatoms. The van der Waals surface area contributed by atoms with Gasteiger partial charge < -0.3 is 15.4 Å². The van der Waals surface area contributed by atoms with Crippen molar-refractivity contribution >= 4 is 17.8 Å². The van der Waals surface area contributed by atoms with Crippen LogP contribution in [0.1, 0.15) is 37.4 Å². The van der Waals surface area contributed by atoms with Crippen molar-refractivity contribution < 1.29 is 9.53 Å². The SMILES string of the molecule is COC1CCC(c2ncc3c(n2)NC(C=O)N3)CC1. The quantitative estimate of drug-likeness (QED) is 0.804. The van der Waals surface area contributed by atoms with E-state index in [9.17, 15) is 4.79 Å². The van der Waals surface area contributed by atoms with Gasteiger partial charge in [0.1, 0.15) is 5.82 Å². The van der Waals surface area contributed by atoms with Gasteiger partial charge in [-0.25, -0.2) is 9.97 Å². The summed E-state index contributed by atoms with van der Waals surface area (Å²) in [5, 5.41) is 6.03. The topological polar surface area (TPSA) is 76.1 Å².